The van der Waals surface area contributed by atoms with Crippen molar-refractivity contribution in [3.8, 4) is 0 Å². The van der Waals surface area contributed by atoms with Crippen molar-refractivity contribution < 1.29 is 9.90 Å². The van der Waals surface area contributed by atoms with Crippen molar-refractivity contribution in [2.24, 2.45) is 5.92 Å². The number of carbonyl (C=O) groups is 1. The number of carbonyl (C=O) groups excluding carboxylic acids is 1. The van der Waals surface area contributed by atoms with Crippen molar-refractivity contribution in [1.82, 2.24) is 0 Å². The second-order valence-corrected chi connectivity index (χ2v) is 5.63. The first-order valence-electron chi connectivity index (χ1n) is 7.77. The lowest BCUT2D eigenvalue weighted by Gasteiger charge is -2.34. The van der Waals surface area contributed by atoms with Gasteiger partial charge < -0.3 is 10.0 Å². The minimum atomic E-state index is -0.439. The van der Waals surface area contributed by atoms with Crippen molar-refractivity contribution in [2.45, 2.75) is 52.1 Å². The fourth-order valence-corrected chi connectivity index (χ4v) is 3.08. The Hall–Kier alpha value is -1.35. The van der Waals surface area contributed by atoms with Gasteiger partial charge in [0, 0.05) is 23.7 Å². The van der Waals surface area contributed by atoms with Gasteiger partial charge in [-0.05, 0) is 25.3 Å². The van der Waals surface area contributed by atoms with E-state index in [1.807, 2.05) is 29.2 Å². The lowest BCUT2D eigenvalue weighted by atomic mass is 9.93. The van der Waals surface area contributed by atoms with E-state index < -0.39 is 6.10 Å². The van der Waals surface area contributed by atoms with Crippen molar-refractivity contribution in [3.63, 3.8) is 0 Å². The van der Waals surface area contributed by atoms with E-state index in [0.717, 1.165) is 36.9 Å². The molecule has 2 rings (SSSR count). The molecule has 1 atom stereocenters. The summed E-state index contributed by atoms with van der Waals surface area (Å²) in [6, 6.07) is 7.73. The number of fused-ring (bicyclic) bond motifs is 1. The maximum Gasteiger partial charge on any atom is 0.230 e. The van der Waals surface area contributed by atoms with Crippen LogP contribution < -0.4 is 4.90 Å². The number of amides is 1. The highest BCUT2D eigenvalue weighted by atomic mass is 16.3. The molecular formula is C17H25NO2. The highest BCUT2D eigenvalue weighted by Crippen LogP contribution is 2.35. The van der Waals surface area contributed by atoms with Gasteiger partial charge in [0.15, 0.2) is 0 Å². The molecule has 0 aliphatic carbocycles. The molecule has 1 aromatic rings. The van der Waals surface area contributed by atoms with Gasteiger partial charge in [-0.15, -0.1) is 0 Å². The van der Waals surface area contributed by atoms with Crippen LogP contribution in [0.2, 0.25) is 0 Å². The first-order chi connectivity index (χ1) is 9.69. The molecule has 1 unspecified atom stereocenters. The Labute approximate surface area is 121 Å². The van der Waals surface area contributed by atoms with E-state index in [4.69, 9.17) is 0 Å². The Morgan fingerprint density at radius 3 is 2.60 bits per heavy atom. The lowest BCUT2D eigenvalue weighted by Crippen LogP contribution is -2.40. The number of rotatable bonds is 5. The third kappa shape index (κ3) is 3.04. The Morgan fingerprint density at radius 2 is 1.95 bits per heavy atom. The lowest BCUT2D eigenvalue weighted by molar-refractivity contribution is -0.123. The number of para-hydroxylation sites is 1. The van der Waals surface area contributed by atoms with Gasteiger partial charge in [-0.3, -0.25) is 4.79 Å². The zero-order valence-electron chi connectivity index (χ0n) is 12.5. The van der Waals surface area contributed by atoms with E-state index in [1.54, 1.807) is 0 Å². The summed E-state index contributed by atoms with van der Waals surface area (Å²) < 4.78 is 0. The third-order valence-electron chi connectivity index (χ3n) is 4.10. The van der Waals surface area contributed by atoms with E-state index in [0.29, 0.717) is 13.0 Å². The minimum Gasteiger partial charge on any atom is -0.388 e. The Balaban J connectivity index is 2.24. The summed E-state index contributed by atoms with van der Waals surface area (Å²) in [7, 11) is 0. The molecule has 3 nitrogen and oxygen atoms in total. The predicted molar refractivity (Wildman–Crippen MR) is 81.7 cm³/mol. The molecule has 0 spiro atoms. The van der Waals surface area contributed by atoms with E-state index >= 15 is 0 Å². The quantitative estimate of drug-likeness (QED) is 0.890. The summed E-state index contributed by atoms with van der Waals surface area (Å²) in [5.74, 6) is 0.348. The highest BCUT2D eigenvalue weighted by molar-refractivity contribution is 5.96. The van der Waals surface area contributed by atoms with Crippen molar-refractivity contribution >= 4 is 11.6 Å². The summed E-state index contributed by atoms with van der Waals surface area (Å²) >= 11 is 0. The molecule has 0 saturated carbocycles. The number of aliphatic hydroxyl groups excluding tert-OH is 1. The number of hydrogen-bond donors (Lipinski definition) is 1. The maximum absolute atomic E-state index is 12.8. The molecular weight excluding hydrogens is 250 g/mol. The van der Waals surface area contributed by atoms with Gasteiger partial charge in [0.25, 0.3) is 0 Å². The topological polar surface area (TPSA) is 40.5 Å². The van der Waals surface area contributed by atoms with Gasteiger partial charge in [0.05, 0.1) is 6.10 Å². The van der Waals surface area contributed by atoms with Crippen LogP contribution in [0.5, 0.6) is 0 Å². The van der Waals surface area contributed by atoms with Crippen LogP contribution in [-0.4, -0.2) is 17.6 Å². The van der Waals surface area contributed by atoms with Gasteiger partial charge in [0.1, 0.15) is 0 Å². The average molecular weight is 275 g/mol. The van der Waals surface area contributed by atoms with Crippen molar-refractivity contribution in [3.05, 3.63) is 29.8 Å². The van der Waals surface area contributed by atoms with Crippen LogP contribution in [0.3, 0.4) is 0 Å². The molecule has 1 amide bonds. The van der Waals surface area contributed by atoms with Crippen LogP contribution in [-0.2, 0) is 4.79 Å². The summed E-state index contributed by atoms with van der Waals surface area (Å²) in [5, 5.41) is 10.1. The van der Waals surface area contributed by atoms with E-state index in [9.17, 15) is 9.90 Å². The van der Waals surface area contributed by atoms with Crippen LogP contribution in [0.4, 0.5) is 5.69 Å². The van der Waals surface area contributed by atoms with Crippen molar-refractivity contribution in [2.75, 3.05) is 11.4 Å². The molecule has 0 saturated heterocycles. The van der Waals surface area contributed by atoms with Crippen LogP contribution in [0, 0.1) is 5.92 Å². The molecule has 0 radical (unpaired) electrons. The first kappa shape index (κ1) is 15.0. The first-order valence-corrected chi connectivity index (χ1v) is 7.77. The second-order valence-electron chi connectivity index (χ2n) is 5.63. The summed E-state index contributed by atoms with van der Waals surface area (Å²) in [5.41, 5.74) is 1.78. The minimum absolute atomic E-state index is 0.119. The van der Waals surface area contributed by atoms with Crippen molar-refractivity contribution in [1.29, 1.82) is 0 Å². The SMILES string of the molecule is CCCC(CCC)C(=O)N1CCC(O)c2ccccc21. The number of benzene rings is 1. The van der Waals surface area contributed by atoms with Gasteiger partial charge in [-0.25, -0.2) is 0 Å². The predicted octanol–water partition coefficient (Wildman–Crippen LogP) is 3.67. The third-order valence-corrected chi connectivity index (χ3v) is 4.10. The average Bonchev–Trinajstić information content (AvgIpc) is 2.47. The molecule has 1 aliphatic heterocycles. The zero-order chi connectivity index (χ0) is 14.5. The molecule has 0 fully saturated rings. The smallest absolute Gasteiger partial charge is 0.230 e. The number of hydrogen-bond acceptors (Lipinski definition) is 2. The number of nitrogens with zero attached hydrogens (tertiary/aromatic N) is 1. The van der Waals surface area contributed by atoms with Gasteiger partial charge in [-0.1, -0.05) is 44.9 Å². The Kier molecular flexibility index (Phi) is 5.18. The number of anilines is 1. The Morgan fingerprint density at radius 1 is 1.30 bits per heavy atom. The Bertz CT molecular complexity index is 452. The molecule has 3 heteroatoms. The van der Waals surface area contributed by atoms with Gasteiger partial charge in [0.2, 0.25) is 5.91 Å². The zero-order valence-corrected chi connectivity index (χ0v) is 12.5. The second kappa shape index (κ2) is 6.89. The fraction of sp³-hybridized carbons (Fsp3) is 0.588. The van der Waals surface area contributed by atoms with Crippen LogP contribution in [0.15, 0.2) is 24.3 Å². The molecule has 20 heavy (non-hydrogen) atoms. The normalized spacial score (nSPS) is 18.2. The van der Waals surface area contributed by atoms with Crippen LogP contribution in [0.1, 0.15) is 57.6 Å². The standard InChI is InChI=1S/C17H25NO2/c1-3-7-13(8-4-2)17(20)18-12-11-16(19)14-9-5-6-10-15(14)18/h5-6,9-10,13,16,19H,3-4,7-8,11-12H2,1-2H3. The molecule has 1 aromatic carbocycles. The number of aliphatic hydroxyl groups is 1. The summed E-state index contributed by atoms with van der Waals surface area (Å²) in [6.45, 7) is 4.88. The maximum atomic E-state index is 12.8. The van der Waals surface area contributed by atoms with E-state index in [-0.39, 0.29) is 11.8 Å². The van der Waals surface area contributed by atoms with Gasteiger partial charge >= 0.3 is 0 Å². The van der Waals surface area contributed by atoms with Gasteiger partial charge in [-0.2, -0.15) is 0 Å². The summed E-state index contributed by atoms with van der Waals surface area (Å²) in [4.78, 5) is 14.7. The monoisotopic (exact) mass is 275 g/mol. The summed E-state index contributed by atoms with van der Waals surface area (Å²) in [6.07, 6.45) is 4.17. The molecule has 0 bridgehead atoms. The highest BCUT2D eigenvalue weighted by Gasteiger charge is 2.30. The van der Waals surface area contributed by atoms with Crippen LogP contribution in [0.25, 0.3) is 0 Å². The molecule has 0 aromatic heterocycles. The largest absolute Gasteiger partial charge is 0.388 e. The molecule has 1 N–H and O–H groups in total. The fourth-order valence-electron chi connectivity index (χ4n) is 3.08. The van der Waals surface area contributed by atoms with E-state index in [1.165, 1.54) is 0 Å². The molecule has 110 valence electrons. The van der Waals surface area contributed by atoms with Crippen LogP contribution >= 0.6 is 0 Å². The van der Waals surface area contributed by atoms with E-state index in [2.05, 4.69) is 13.8 Å². The molecule has 1 aliphatic rings. The molecule has 1 heterocycles.